The molecule has 0 saturated heterocycles. The summed E-state index contributed by atoms with van der Waals surface area (Å²) in [6.07, 6.45) is 0. The Morgan fingerprint density at radius 1 is 1.21 bits per heavy atom. The Labute approximate surface area is 158 Å². The number of carbonyl (C=O) groups excluding carboxylic acids is 4. The van der Waals surface area contributed by atoms with Gasteiger partial charge in [-0.25, -0.2) is 4.79 Å². The fourth-order valence-electron chi connectivity index (χ4n) is 3.27. The number of fused-ring (bicyclic) bond motifs is 1. The van der Waals surface area contributed by atoms with Crippen molar-refractivity contribution in [2.24, 2.45) is 0 Å². The molecule has 1 aromatic heterocycles. The molecule has 10 nitrogen and oxygen atoms in total. The van der Waals surface area contributed by atoms with Crippen LogP contribution in [-0.4, -0.2) is 52.0 Å². The van der Waals surface area contributed by atoms with Crippen molar-refractivity contribution in [1.82, 2.24) is 9.88 Å². The number of Topliss-reactive ketones (excluding diaryl/α,β-unsaturated/α-hetero) is 1. The number of amides is 2. The number of hydrogen-bond acceptors (Lipinski definition) is 7. The predicted molar refractivity (Wildman–Crippen MR) is 94.4 cm³/mol. The van der Waals surface area contributed by atoms with Crippen molar-refractivity contribution < 1.29 is 28.8 Å². The molecule has 0 spiro atoms. The number of aromatic amines is 1. The van der Waals surface area contributed by atoms with Gasteiger partial charge in [0.05, 0.1) is 35.4 Å². The Bertz CT molecular complexity index is 1070. The van der Waals surface area contributed by atoms with Gasteiger partial charge in [-0.2, -0.15) is 0 Å². The zero-order valence-corrected chi connectivity index (χ0v) is 15.2. The van der Waals surface area contributed by atoms with E-state index < -0.39 is 40.7 Å². The number of H-pyrrole nitrogens is 1. The molecule has 0 bridgehead atoms. The molecular weight excluding hydrogens is 370 g/mol. The maximum absolute atomic E-state index is 12.7. The van der Waals surface area contributed by atoms with E-state index in [4.69, 9.17) is 0 Å². The number of aromatic nitrogens is 1. The van der Waals surface area contributed by atoms with Crippen LogP contribution in [0.4, 0.5) is 5.69 Å². The number of ether oxygens (including phenoxy) is 1. The number of nitrogens with zero attached hydrogens (tertiary/aromatic N) is 2. The van der Waals surface area contributed by atoms with Gasteiger partial charge in [-0.3, -0.25) is 29.4 Å². The smallest absolute Gasteiger partial charge is 0.339 e. The van der Waals surface area contributed by atoms with E-state index in [1.54, 1.807) is 6.92 Å². The Hall–Kier alpha value is -3.82. The second-order valence-electron chi connectivity index (χ2n) is 6.19. The fraction of sp³-hybridized carbons (Fsp3) is 0.222. The first-order valence-electron chi connectivity index (χ1n) is 8.13. The molecule has 10 heteroatoms. The number of nitrogens with one attached hydrogen (secondary N) is 1. The number of benzene rings is 1. The molecule has 1 aliphatic rings. The van der Waals surface area contributed by atoms with Crippen LogP contribution >= 0.6 is 0 Å². The molecule has 0 aliphatic carbocycles. The zero-order valence-electron chi connectivity index (χ0n) is 15.2. The summed E-state index contributed by atoms with van der Waals surface area (Å²) in [4.78, 5) is 63.5. The van der Waals surface area contributed by atoms with Crippen molar-refractivity contribution in [3.05, 3.63) is 62.0 Å². The molecule has 144 valence electrons. The minimum absolute atomic E-state index is 0.0592. The summed E-state index contributed by atoms with van der Waals surface area (Å²) in [6.45, 7) is 2.50. The van der Waals surface area contributed by atoms with Gasteiger partial charge in [0.1, 0.15) is 5.56 Å². The number of rotatable bonds is 5. The van der Waals surface area contributed by atoms with Gasteiger partial charge in [0.15, 0.2) is 5.78 Å². The molecule has 0 saturated carbocycles. The molecule has 1 aliphatic heterocycles. The van der Waals surface area contributed by atoms with Crippen LogP contribution in [0.15, 0.2) is 18.2 Å². The van der Waals surface area contributed by atoms with Crippen molar-refractivity contribution in [3.8, 4) is 0 Å². The van der Waals surface area contributed by atoms with Gasteiger partial charge in [-0.15, -0.1) is 0 Å². The molecule has 2 aromatic rings. The molecule has 28 heavy (non-hydrogen) atoms. The van der Waals surface area contributed by atoms with Crippen LogP contribution in [0.1, 0.15) is 52.8 Å². The Morgan fingerprint density at radius 2 is 1.89 bits per heavy atom. The third-order valence-corrected chi connectivity index (χ3v) is 4.58. The molecule has 0 unspecified atom stereocenters. The SMILES string of the molecule is COC(=O)c1c(C)[nH]c(C(=O)CN2C(=O)c3cccc([N+](=O)[O-])c3C2=O)c1C. The summed E-state index contributed by atoms with van der Waals surface area (Å²) in [6, 6.07) is 3.72. The number of nitro groups is 1. The largest absolute Gasteiger partial charge is 0.465 e. The molecule has 0 fully saturated rings. The molecule has 0 atom stereocenters. The Morgan fingerprint density at radius 3 is 2.50 bits per heavy atom. The Balaban J connectivity index is 1.94. The molecule has 2 amide bonds. The third kappa shape index (κ3) is 2.75. The molecule has 1 N–H and O–H groups in total. The molecule has 2 heterocycles. The number of methoxy groups -OCH3 is 1. The summed E-state index contributed by atoms with van der Waals surface area (Å²) in [5, 5.41) is 11.1. The lowest BCUT2D eigenvalue weighted by Gasteiger charge is -2.12. The van der Waals surface area contributed by atoms with Crippen LogP contribution in [0, 0.1) is 24.0 Å². The maximum atomic E-state index is 12.7. The monoisotopic (exact) mass is 385 g/mol. The zero-order chi connectivity index (χ0) is 20.7. The van der Waals surface area contributed by atoms with Crippen molar-refractivity contribution in [2.45, 2.75) is 13.8 Å². The summed E-state index contributed by atoms with van der Waals surface area (Å²) in [7, 11) is 1.21. The third-order valence-electron chi connectivity index (χ3n) is 4.58. The maximum Gasteiger partial charge on any atom is 0.339 e. The molecule has 3 rings (SSSR count). The lowest BCUT2D eigenvalue weighted by Crippen LogP contribution is -2.35. The number of aryl methyl sites for hydroxylation is 1. The van der Waals surface area contributed by atoms with E-state index in [0.29, 0.717) is 16.2 Å². The number of nitro benzene ring substituents is 1. The summed E-state index contributed by atoms with van der Waals surface area (Å²) >= 11 is 0. The number of imide groups is 1. The van der Waals surface area contributed by atoms with E-state index in [2.05, 4.69) is 9.72 Å². The molecule has 1 aromatic carbocycles. The van der Waals surface area contributed by atoms with Gasteiger partial charge in [0, 0.05) is 11.8 Å². The van der Waals surface area contributed by atoms with Crippen LogP contribution in [0.2, 0.25) is 0 Å². The van der Waals surface area contributed by atoms with Gasteiger partial charge in [-0.1, -0.05) is 6.07 Å². The van der Waals surface area contributed by atoms with Gasteiger partial charge in [0.2, 0.25) is 0 Å². The lowest BCUT2D eigenvalue weighted by molar-refractivity contribution is -0.385. The van der Waals surface area contributed by atoms with Gasteiger partial charge in [0.25, 0.3) is 17.5 Å². The topological polar surface area (TPSA) is 140 Å². The Kier molecular flexibility index (Phi) is 4.55. The van der Waals surface area contributed by atoms with Crippen molar-refractivity contribution in [3.63, 3.8) is 0 Å². The average Bonchev–Trinajstić information content (AvgIpc) is 3.09. The highest BCUT2D eigenvalue weighted by Crippen LogP contribution is 2.31. The number of hydrogen-bond donors (Lipinski definition) is 1. The lowest BCUT2D eigenvalue weighted by atomic mass is 10.1. The predicted octanol–water partition coefficient (Wildman–Crippen LogP) is 1.81. The first kappa shape index (κ1) is 19.0. The van der Waals surface area contributed by atoms with Crippen LogP contribution in [-0.2, 0) is 4.74 Å². The van der Waals surface area contributed by atoms with Crippen LogP contribution < -0.4 is 0 Å². The van der Waals surface area contributed by atoms with E-state index >= 15 is 0 Å². The minimum Gasteiger partial charge on any atom is -0.465 e. The fourth-order valence-corrected chi connectivity index (χ4v) is 3.27. The first-order valence-corrected chi connectivity index (χ1v) is 8.13. The van der Waals surface area contributed by atoms with E-state index in [1.165, 1.54) is 26.2 Å². The standard InChI is InChI=1S/C18H15N3O7/c1-8-13(18(25)28-3)9(2)19-15(8)12(22)7-20-16(23)10-5-4-6-11(21(26)27)14(10)17(20)24/h4-6,19H,7H2,1-3H3. The number of carbonyl (C=O) groups is 4. The van der Waals surface area contributed by atoms with Crippen molar-refractivity contribution in [1.29, 1.82) is 0 Å². The van der Waals surface area contributed by atoms with Crippen LogP contribution in [0.5, 0.6) is 0 Å². The van der Waals surface area contributed by atoms with E-state index in [0.717, 1.165) is 6.07 Å². The summed E-state index contributed by atoms with van der Waals surface area (Å²) in [5.74, 6) is -2.93. The summed E-state index contributed by atoms with van der Waals surface area (Å²) in [5.41, 5.74) is 0.0442. The minimum atomic E-state index is -0.908. The second kappa shape index (κ2) is 6.72. The number of esters is 1. The molecular formula is C18H15N3O7. The van der Waals surface area contributed by atoms with Gasteiger partial charge in [-0.05, 0) is 25.5 Å². The van der Waals surface area contributed by atoms with E-state index in [-0.39, 0.29) is 22.4 Å². The van der Waals surface area contributed by atoms with Crippen molar-refractivity contribution in [2.75, 3.05) is 13.7 Å². The summed E-state index contributed by atoms with van der Waals surface area (Å²) < 4.78 is 4.68. The van der Waals surface area contributed by atoms with Crippen LogP contribution in [0.3, 0.4) is 0 Å². The first-order chi connectivity index (χ1) is 13.2. The van der Waals surface area contributed by atoms with Crippen molar-refractivity contribution >= 4 is 29.3 Å². The van der Waals surface area contributed by atoms with E-state index in [9.17, 15) is 29.3 Å². The van der Waals surface area contributed by atoms with Crippen LogP contribution in [0.25, 0.3) is 0 Å². The highest BCUT2D eigenvalue weighted by molar-refractivity contribution is 6.24. The second-order valence-corrected chi connectivity index (χ2v) is 6.19. The van der Waals surface area contributed by atoms with Gasteiger partial charge < -0.3 is 9.72 Å². The quantitative estimate of drug-likeness (QED) is 0.272. The van der Waals surface area contributed by atoms with E-state index in [1.807, 2.05) is 0 Å². The molecule has 0 radical (unpaired) electrons. The highest BCUT2D eigenvalue weighted by atomic mass is 16.6. The van der Waals surface area contributed by atoms with Gasteiger partial charge >= 0.3 is 5.97 Å². The number of ketones is 1. The average molecular weight is 385 g/mol. The normalized spacial score (nSPS) is 12.9. The highest BCUT2D eigenvalue weighted by Gasteiger charge is 2.42.